The molecule has 2 aliphatic carbocycles. The van der Waals surface area contributed by atoms with E-state index in [1.54, 1.807) is 0 Å². The van der Waals surface area contributed by atoms with Gasteiger partial charge in [0.1, 0.15) is 0 Å². The van der Waals surface area contributed by atoms with Crippen LogP contribution in [0.2, 0.25) is 0 Å². The minimum absolute atomic E-state index is 0.0298. The molecule has 0 aliphatic heterocycles. The summed E-state index contributed by atoms with van der Waals surface area (Å²) < 4.78 is 2.53. The fourth-order valence-corrected chi connectivity index (χ4v) is 7.28. The number of rotatable bonds is 0. The first-order valence-corrected chi connectivity index (χ1v) is 12.9. The van der Waals surface area contributed by atoms with Crippen molar-refractivity contribution in [3.8, 4) is 22.3 Å². The lowest BCUT2D eigenvalue weighted by Gasteiger charge is -2.30. The van der Waals surface area contributed by atoms with Gasteiger partial charge in [0.05, 0.1) is 10.9 Å². The molecule has 0 amide bonds. The number of hydrogen-bond donors (Lipinski definition) is 0. The van der Waals surface area contributed by atoms with E-state index in [-0.39, 0.29) is 11.0 Å². The van der Waals surface area contributed by atoms with Crippen LogP contribution in [0.1, 0.15) is 43.0 Å². The first-order valence-electron chi connectivity index (χ1n) is 12.9. The zero-order chi connectivity index (χ0) is 24.2. The van der Waals surface area contributed by atoms with Gasteiger partial charge in [-0.3, -0.25) is 0 Å². The molecule has 1 heterocycles. The van der Waals surface area contributed by atoms with Gasteiger partial charge in [-0.2, -0.15) is 0 Å². The zero-order valence-electron chi connectivity index (χ0n) is 20.8. The Kier molecular flexibility index (Phi) is 3.67. The second kappa shape index (κ2) is 6.56. The molecule has 36 heavy (non-hydrogen) atoms. The average molecular weight is 462 g/mol. The molecule has 1 aromatic heterocycles. The van der Waals surface area contributed by atoms with Crippen LogP contribution in [0.15, 0.2) is 109 Å². The summed E-state index contributed by atoms with van der Waals surface area (Å²) in [5.41, 5.74) is 13.3. The predicted molar refractivity (Wildman–Crippen MR) is 151 cm³/mol. The van der Waals surface area contributed by atoms with Crippen molar-refractivity contribution in [3.05, 3.63) is 131 Å². The Balaban J connectivity index is 1.61. The van der Waals surface area contributed by atoms with Crippen molar-refractivity contribution in [2.45, 2.75) is 31.7 Å². The van der Waals surface area contributed by atoms with Gasteiger partial charge in [0.15, 0.2) is 0 Å². The quantitative estimate of drug-likeness (QED) is 0.212. The minimum atomic E-state index is -0.293. The molecule has 0 atom stereocenters. The Labute approximate surface area is 211 Å². The molecule has 0 fully saturated rings. The van der Waals surface area contributed by atoms with Gasteiger partial charge >= 0.3 is 0 Å². The van der Waals surface area contributed by atoms with E-state index in [1.165, 1.54) is 66.3 Å². The van der Waals surface area contributed by atoms with E-state index in [2.05, 4.69) is 135 Å². The monoisotopic (exact) mass is 461 g/mol. The molecule has 172 valence electrons. The summed E-state index contributed by atoms with van der Waals surface area (Å²) in [4.78, 5) is 0. The van der Waals surface area contributed by atoms with Gasteiger partial charge in [0, 0.05) is 21.8 Å². The molecule has 1 heteroatoms. The maximum absolute atomic E-state index is 2.53. The highest BCUT2D eigenvalue weighted by molar-refractivity contribution is 6.11. The Hall–Kier alpha value is -4.10. The summed E-state index contributed by atoms with van der Waals surface area (Å²) in [6.45, 7) is 6.93. The Bertz CT molecular complexity index is 1830. The van der Waals surface area contributed by atoms with Crippen molar-refractivity contribution < 1.29 is 0 Å². The van der Waals surface area contributed by atoms with Gasteiger partial charge in [0.2, 0.25) is 0 Å². The first kappa shape index (κ1) is 20.1. The lowest BCUT2D eigenvalue weighted by atomic mass is 9.70. The van der Waals surface area contributed by atoms with Crippen LogP contribution in [0, 0.1) is 0 Å². The summed E-state index contributed by atoms with van der Waals surface area (Å²) in [6, 6.07) is 41.0. The van der Waals surface area contributed by atoms with E-state index < -0.39 is 0 Å². The fourth-order valence-electron chi connectivity index (χ4n) is 7.28. The highest BCUT2D eigenvalue weighted by atomic mass is 15.0. The van der Waals surface area contributed by atoms with Crippen LogP contribution >= 0.6 is 0 Å². The van der Waals surface area contributed by atoms with Gasteiger partial charge in [0.25, 0.3) is 0 Å². The number of para-hydroxylation sites is 1. The molecule has 1 spiro atoms. The number of nitrogens with zero attached hydrogens (tertiary/aromatic N) is 1. The highest BCUT2D eigenvalue weighted by Gasteiger charge is 2.51. The maximum Gasteiger partial charge on any atom is 0.0725 e. The molecular weight excluding hydrogens is 434 g/mol. The van der Waals surface area contributed by atoms with Crippen LogP contribution in [-0.2, 0) is 11.0 Å². The number of fused-ring (bicyclic) bond motifs is 13. The SMILES string of the molecule is CC(C)(C)n1c2ccccc2c2cc3c(cc21)-c1ccccc1C31c2ccccc2-c2ccccc21. The van der Waals surface area contributed by atoms with E-state index in [1.807, 2.05) is 0 Å². The summed E-state index contributed by atoms with van der Waals surface area (Å²) in [6.07, 6.45) is 0. The summed E-state index contributed by atoms with van der Waals surface area (Å²) in [5, 5.41) is 2.67. The Morgan fingerprint density at radius 2 is 0.972 bits per heavy atom. The van der Waals surface area contributed by atoms with Crippen LogP contribution in [-0.4, -0.2) is 4.57 Å². The molecule has 0 N–H and O–H groups in total. The van der Waals surface area contributed by atoms with Crippen LogP contribution < -0.4 is 0 Å². The standard InChI is InChI=1S/C35H27N/c1-34(2,3)36-32-19-11-7-15-25(32)27-20-31-26(21-33(27)36)24-14-6-10-18-30(24)35(31)28-16-8-4-12-22(28)23-13-5-9-17-29(23)35/h4-21H,1-3H3. The largest absolute Gasteiger partial charge is 0.335 e. The van der Waals surface area contributed by atoms with Crippen LogP contribution in [0.5, 0.6) is 0 Å². The van der Waals surface area contributed by atoms with Crippen LogP contribution in [0.3, 0.4) is 0 Å². The molecule has 0 saturated heterocycles. The molecule has 2 aliphatic rings. The van der Waals surface area contributed by atoms with Crippen molar-refractivity contribution in [2.75, 3.05) is 0 Å². The van der Waals surface area contributed by atoms with E-state index in [4.69, 9.17) is 0 Å². The van der Waals surface area contributed by atoms with Gasteiger partial charge in [-0.15, -0.1) is 0 Å². The second-order valence-corrected chi connectivity index (χ2v) is 11.3. The maximum atomic E-state index is 2.53. The van der Waals surface area contributed by atoms with E-state index >= 15 is 0 Å². The van der Waals surface area contributed by atoms with E-state index in [0.29, 0.717) is 0 Å². The third kappa shape index (κ3) is 2.23. The Morgan fingerprint density at radius 1 is 0.472 bits per heavy atom. The molecule has 1 nitrogen and oxygen atoms in total. The molecule has 5 aromatic carbocycles. The lowest BCUT2D eigenvalue weighted by Crippen LogP contribution is -2.25. The molecule has 6 aromatic rings. The highest BCUT2D eigenvalue weighted by Crippen LogP contribution is 2.63. The lowest BCUT2D eigenvalue weighted by molar-refractivity contribution is 0.423. The molecule has 0 unspecified atom stereocenters. The molecule has 8 rings (SSSR count). The fraction of sp³-hybridized carbons (Fsp3) is 0.143. The third-order valence-corrected chi connectivity index (χ3v) is 8.46. The third-order valence-electron chi connectivity index (χ3n) is 8.46. The molecule has 0 saturated carbocycles. The van der Waals surface area contributed by atoms with Gasteiger partial charge in [-0.05, 0) is 83.5 Å². The summed E-state index contributed by atoms with van der Waals surface area (Å²) in [5.74, 6) is 0. The minimum Gasteiger partial charge on any atom is -0.335 e. The number of aromatic nitrogens is 1. The van der Waals surface area contributed by atoms with E-state index in [9.17, 15) is 0 Å². The number of hydrogen-bond acceptors (Lipinski definition) is 0. The smallest absolute Gasteiger partial charge is 0.0725 e. The predicted octanol–water partition coefficient (Wildman–Crippen LogP) is 8.89. The van der Waals surface area contributed by atoms with Crippen molar-refractivity contribution in [3.63, 3.8) is 0 Å². The second-order valence-electron chi connectivity index (χ2n) is 11.3. The van der Waals surface area contributed by atoms with Crippen molar-refractivity contribution in [1.29, 1.82) is 0 Å². The average Bonchev–Trinajstić information content (AvgIpc) is 3.49. The van der Waals surface area contributed by atoms with Gasteiger partial charge in [-0.1, -0.05) is 91.0 Å². The molecule has 0 bridgehead atoms. The summed E-state index contributed by atoms with van der Waals surface area (Å²) in [7, 11) is 0. The van der Waals surface area contributed by atoms with Gasteiger partial charge in [-0.25, -0.2) is 0 Å². The molecule has 0 radical (unpaired) electrons. The number of benzene rings is 5. The summed E-state index contributed by atoms with van der Waals surface area (Å²) >= 11 is 0. The first-order chi connectivity index (χ1) is 17.5. The Morgan fingerprint density at radius 3 is 1.56 bits per heavy atom. The zero-order valence-corrected chi connectivity index (χ0v) is 20.8. The topological polar surface area (TPSA) is 4.93 Å². The van der Waals surface area contributed by atoms with Crippen LogP contribution in [0.25, 0.3) is 44.1 Å². The van der Waals surface area contributed by atoms with Crippen LogP contribution in [0.4, 0.5) is 0 Å². The van der Waals surface area contributed by atoms with Crippen molar-refractivity contribution in [2.24, 2.45) is 0 Å². The molecular formula is C35H27N. The van der Waals surface area contributed by atoms with Crippen molar-refractivity contribution in [1.82, 2.24) is 4.57 Å². The van der Waals surface area contributed by atoms with Gasteiger partial charge < -0.3 is 4.57 Å². The van der Waals surface area contributed by atoms with E-state index in [0.717, 1.165) is 0 Å². The van der Waals surface area contributed by atoms with Crippen molar-refractivity contribution >= 4 is 21.8 Å². The normalized spacial score (nSPS) is 14.8.